The summed E-state index contributed by atoms with van der Waals surface area (Å²) in [4.78, 5) is 2.67. The maximum absolute atomic E-state index is 3.38. The molecule has 0 spiro atoms. The molecule has 0 saturated carbocycles. The van der Waals surface area contributed by atoms with E-state index in [4.69, 9.17) is 0 Å². The van der Waals surface area contributed by atoms with E-state index in [2.05, 4.69) is 35.8 Å². The van der Waals surface area contributed by atoms with Crippen LogP contribution in [0.4, 0.5) is 0 Å². The van der Waals surface area contributed by atoms with Crippen molar-refractivity contribution in [2.45, 2.75) is 45.6 Å². The monoisotopic (exact) mass is 244 g/mol. The molecule has 1 aliphatic rings. The van der Waals surface area contributed by atoms with Crippen LogP contribution in [0.5, 0.6) is 0 Å². The summed E-state index contributed by atoms with van der Waals surface area (Å²) in [5.74, 6) is 2.67. The van der Waals surface area contributed by atoms with Crippen LogP contribution < -0.4 is 5.32 Å². The van der Waals surface area contributed by atoms with E-state index in [0.717, 1.165) is 12.6 Å². The minimum atomic E-state index is 0.806. The van der Waals surface area contributed by atoms with Crippen LogP contribution in [0.25, 0.3) is 0 Å². The summed E-state index contributed by atoms with van der Waals surface area (Å²) in [6.45, 7) is 9.50. The van der Waals surface area contributed by atoms with Gasteiger partial charge < -0.3 is 5.32 Å². The first-order chi connectivity index (χ1) is 7.84. The van der Waals surface area contributed by atoms with Crippen molar-refractivity contribution in [1.82, 2.24) is 10.2 Å². The Morgan fingerprint density at radius 3 is 2.81 bits per heavy atom. The zero-order chi connectivity index (χ0) is 11.6. The molecule has 0 aromatic heterocycles. The van der Waals surface area contributed by atoms with Crippen LogP contribution in [-0.2, 0) is 0 Å². The Hall–Kier alpha value is 0.270. The molecule has 1 aliphatic heterocycles. The van der Waals surface area contributed by atoms with Crippen molar-refractivity contribution >= 4 is 11.8 Å². The maximum Gasteiger partial charge on any atom is 0.0158 e. The highest BCUT2D eigenvalue weighted by molar-refractivity contribution is 7.99. The van der Waals surface area contributed by atoms with Crippen molar-refractivity contribution in [3.05, 3.63) is 0 Å². The van der Waals surface area contributed by atoms with E-state index in [1.807, 2.05) is 0 Å². The minimum absolute atomic E-state index is 0.806. The van der Waals surface area contributed by atoms with Crippen molar-refractivity contribution in [1.29, 1.82) is 0 Å². The summed E-state index contributed by atoms with van der Waals surface area (Å²) in [6.07, 6.45) is 5.53. The second-order valence-electron chi connectivity index (χ2n) is 4.73. The fraction of sp³-hybridized carbons (Fsp3) is 1.00. The fourth-order valence-corrected chi connectivity index (χ4v) is 3.27. The third-order valence-corrected chi connectivity index (χ3v) is 4.49. The lowest BCUT2D eigenvalue weighted by molar-refractivity contribution is 0.227. The summed E-state index contributed by atoms with van der Waals surface area (Å²) in [7, 11) is 0. The van der Waals surface area contributed by atoms with Crippen molar-refractivity contribution in [3.63, 3.8) is 0 Å². The van der Waals surface area contributed by atoms with Gasteiger partial charge in [0.05, 0.1) is 0 Å². The number of hydrogen-bond acceptors (Lipinski definition) is 3. The Morgan fingerprint density at radius 2 is 2.06 bits per heavy atom. The lowest BCUT2D eigenvalue weighted by atomic mass is 10.1. The molecule has 0 bridgehead atoms. The van der Waals surface area contributed by atoms with Gasteiger partial charge in [-0.15, -0.1) is 0 Å². The quantitative estimate of drug-likeness (QED) is 0.661. The van der Waals surface area contributed by atoms with E-state index < -0.39 is 0 Å². The van der Waals surface area contributed by atoms with Gasteiger partial charge in [-0.2, -0.15) is 11.8 Å². The zero-order valence-electron chi connectivity index (χ0n) is 11.0. The van der Waals surface area contributed by atoms with E-state index in [1.54, 1.807) is 0 Å². The highest BCUT2D eigenvalue weighted by Crippen LogP contribution is 2.16. The fourth-order valence-electron chi connectivity index (χ4n) is 2.19. The number of hydrogen-bond donors (Lipinski definition) is 1. The number of thioether (sulfide) groups is 1. The topological polar surface area (TPSA) is 15.3 Å². The minimum Gasteiger partial charge on any atom is -0.317 e. The molecule has 0 aliphatic carbocycles. The first-order valence-corrected chi connectivity index (χ1v) is 8.02. The Bertz CT molecular complexity index is 164. The summed E-state index contributed by atoms with van der Waals surface area (Å²) in [5.41, 5.74) is 0. The molecule has 1 N–H and O–H groups in total. The Balaban J connectivity index is 1.90. The maximum atomic E-state index is 3.38. The van der Waals surface area contributed by atoms with Crippen molar-refractivity contribution < 1.29 is 0 Å². The van der Waals surface area contributed by atoms with Crippen LogP contribution in [0.1, 0.15) is 39.5 Å². The molecule has 0 aromatic rings. The summed E-state index contributed by atoms with van der Waals surface area (Å²) < 4.78 is 0. The van der Waals surface area contributed by atoms with Gasteiger partial charge in [0, 0.05) is 24.1 Å². The van der Waals surface area contributed by atoms with Gasteiger partial charge in [-0.3, -0.25) is 4.90 Å². The highest BCUT2D eigenvalue weighted by atomic mass is 32.2. The number of nitrogens with one attached hydrogen (secondary N) is 1. The van der Waals surface area contributed by atoms with Gasteiger partial charge in [-0.25, -0.2) is 0 Å². The van der Waals surface area contributed by atoms with Gasteiger partial charge in [0.25, 0.3) is 0 Å². The van der Waals surface area contributed by atoms with Gasteiger partial charge in [0.15, 0.2) is 0 Å². The number of unbranched alkanes of at least 4 members (excludes halogenated alkanes) is 3. The van der Waals surface area contributed by atoms with Gasteiger partial charge >= 0.3 is 0 Å². The van der Waals surface area contributed by atoms with Crippen LogP contribution in [-0.4, -0.2) is 48.6 Å². The van der Waals surface area contributed by atoms with Crippen molar-refractivity contribution in [3.8, 4) is 0 Å². The molecule has 3 heteroatoms. The normalized spacial score (nSPS) is 22.5. The highest BCUT2D eigenvalue weighted by Gasteiger charge is 2.17. The predicted molar refractivity (Wildman–Crippen MR) is 75.4 cm³/mol. The molecule has 0 radical (unpaired) electrons. The average Bonchev–Trinajstić information content (AvgIpc) is 2.30. The molecule has 0 aromatic carbocycles. The third-order valence-electron chi connectivity index (χ3n) is 3.30. The molecule has 1 unspecified atom stereocenters. The summed E-state index contributed by atoms with van der Waals surface area (Å²) >= 11 is 2.11. The molecule has 0 amide bonds. The molecule has 1 atom stereocenters. The van der Waals surface area contributed by atoms with Gasteiger partial charge in [-0.05, 0) is 39.4 Å². The summed E-state index contributed by atoms with van der Waals surface area (Å²) in [5, 5.41) is 3.38. The largest absolute Gasteiger partial charge is 0.317 e. The number of nitrogens with zero attached hydrogens (tertiary/aromatic N) is 1. The molecule has 1 rings (SSSR count). The van der Waals surface area contributed by atoms with Crippen LogP contribution >= 0.6 is 11.8 Å². The van der Waals surface area contributed by atoms with E-state index in [1.165, 1.54) is 56.8 Å². The molecule has 16 heavy (non-hydrogen) atoms. The van der Waals surface area contributed by atoms with Gasteiger partial charge in [0.1, 0.15) is 0 Å². The molecule has 96 valence electrons. The lowest BCUT2D eigenvalue weighted by Crippen LogP contribution is -2.40. The van der Waals surface area contributed by atoms with E-state index in [-0.39, 0.29) is 0 Å². The number of rotatable bonds is 8. The predicted octanol–water partition coefficient (Wildman–Crippen LogP) is 2.59. The molecule has 1 fully saturated rings. The smallest absolute Gasteiger partial charge is 0.0158 e. The van der Waals surface area contributed by atoms with Crippen LogP contribution in [0.15, 0.2) is 0 Å². The van der Waals surface area contributed by atoms with E-state index >= 15 is 0 Å². The Morgan fingerprint density at radius 1 is 1.25 bits per heavy atom. The standard InChI is InChI=1S/C13H28N2S/c1-3-14-8-6-4-5-7-9-15-10-11-16-12-13(15)2/h13-14H,3-12H2,1-2H3. The second kappa shape index (κ2) is 9.32. The molecular formula is C13H28N2S. The van der Waals surface area contributed by atoms with Crippen molar-refractivity contribution in [2.75, 3.05) is 37.7 Å². The SMILES string of the molecule is CCNCCCCCCN1CCSCC1C. The lowest BCUT2D eigenvalue weighted by Gasteiger charge is -2.32. The first-order valence-electron chi connectivity index (χ1n) is 6.87. The van der Waals surface area contributed by atoms with Gasteiger partial charge in [0.2, 0.25) is 0 Å². The summed E-state index contributed by atoms with van der Waals surface area (Å²) in [6, 6.07) is 0.806. The Kier molecular flexibility index (Phi) is 8.34. The van der Waals surface area contributed by atoms with E-state index in [0.29, 0.717) is 0 Å². The van der Waals surface area contributed by atoms with E-state index in [9.17, 15) is 0 Å². The molecule has 2 nitrogen and oxygen atoms in total. The molecule has 1 saturated heterocycles. The van der Waals surface area contributed by atoms with Crippen LogP contribution in [0.3, 0.4) is 0 Å². The third kappa shape index (κ3) is 6.12. The second-order valence-corrected chi connectivity index (χ2v) is 5.88. The van der Waals surface area contributed by atoms with Crippen LogP contribution in [0, 0.1) is 0 Å². The van der Waals surface area contributed by atoms with Crippen molar-refractivity contribution in [2.24, 2.45) is 0 Å². The molecular weight excluding hydrogens is 216 g/mol. The average molecular weight is 244 g/mol. The first kappa shape index (κ1) is 14.3. The Labute approximate surface area is 106 Å². The molecule has 1 heterocycles. The zero-order valence-corrected chi connectivity index (χ0v) is 11.8. The van der Waals surface area contributed by atoms with Gasteiger partial charge in [-0.1, -0.05) is 19.8 Å². The van der Waals surface area contributed by atoms with Crippen LogP contribution in [0.2, 0.25) is 0 Å².